The van der Waals surface area contributed by atoms with E-state index in [0.29, 0.717) is 24.4 Å². The summed E-state index contributed by atoms with van der Waals surface area (Å²) in [6.07, 6.45) is 3.25. The Hall–Kier alpha value is -0.160. The predicted molar refractivity (Wildman–Crippen MR) is 61.6 cm³/mol. The molecule has 4 heteroatoms. The number of nitrogens with one attached hydrogen (secondary N) is 1. The lowest BCUT2D eigenvalue weighted by Crippen LogP contribution is -2.38. The molecule has 1 N–H and O–H groups in total. The molecule has 2 fully saturated rings. The minimum Gasteiger partial charge on any atom is -0.376 e. The van der Waals surface area contributed by atoms with E-state index in [1.165, 1.54) is 0 Å². The molecule has 94 valence electrons. The highest BCUT2D eigenvalue weighted by molar-refractivity contribution is 4.76. The molecule has 2 atom stereocenters. The molecule has 2 unspecified atom stereocenters. The first-order valence-electron chi connectivity index (χ1n) is 6.32. The summed E-state index contributed by atoms with van der Waals surface area (Å²) >= 11 is 0. The van der Waals surface area contributed by atoms with Crippen molar-refractivity contribution >= 4 is 0 Å². The van der Waals surface area contributed by atoms with E-state index in [2.05, 4.69) is 19.2 Å². The van der Waals surface area contributed by atoms with E-state index in [0.717, 1.165) is 39.2 Å². The fourth-order valence-electron chi connectivity index (χ4n) is 1.97. The maximum Gasteiger partial charge on any atom is 0.104 e. The SMILES string of the molecule is CC(C)NCC1CCC(COC2COC2)O1. The van der Waals surface area contributed by atoms with Crippen LogP contribution in [0.25, 0.3) is 0 Å². The van der Waals surface area contributed by atoms with Crippen LogP contribution in [0.3, 0.4) is 0 Å². The van der Waals surface area contributed by atoms with Crippen LogP contribution in [0.1, 0.15) is 26.7 Å². The number of hydrogen-bond donors (Lipinski definition) is 1. The summed E-state index contributed by atoms with van der Waals surface area (Å²) in [5.41, 5.74) is 0. The van der Waals surface area contributed by atoms with Crippen LogP contribution in [-0.4, -0.2) is 50.7 Å². The van der Waals surface area contributed by atoms with Gasteiger partial charge in [0.15, 0.2) is 0 Å². The topological polar surface area (TPSA) is 39.7 Å². The summed E-state index contributed by atoms with van der Waals surface area (Å²) in [7, 11) is 0. The Morgan fingerprint density at radius 3 is 2.62 bits per heavy atom. The lowest BCUT2D eigenvalue weighted by molar-refractivity contribution is -0.147. The molecule has 0 amide bonds. The Morgan fingerprint density at radius 2 is 2.00 bits per heavy atom. The molecular formula is C12H23NO3. The molecule has 2 saturated heterocycles. The zero-order chi connectivity index (χ0) is 11.4. The van der Waals surface area contributed by atoms with Gasteiger partial charge in [-0.05, 0) is 12.8 Å². The molecule has 0 aliphatic carbocycles. The van der Waals surface area contributed by atoms with Gasteiger partial charge in [-0.2, -0.15) is 0 Å². The average molecular weight is 229 g/mol. The van der Waals surface area contributed by atoms with Crippen molar-refractivity contribution in [3.8, 4) is 0 Å². The third-order valence-corrected chi connectivity index (χ3v) is 3.07. The molecule has 2 aliphatic rings. The fraction of sp³-hybridized carbons (Fsp3) is 1.00. The van der Waals surface area contributed by atoms with Gasteiger partial charge in [0.2, 0.25) is 0 Å². The van der Waals surface area contributed by atoms with E-state index < -0.39 is 0 Å². The second-order valence-corrected chi connectivity index (χ2v) is 5.01. The predicted octanol–water partition coefficient (Wildman–Crippen LogP) is 0.947. The molecule has 0 aromatic carbocycles. The van der Waals surface area contributed by atoms with Gasteiger partial charge in [0.1, 0.15) is 6.10 Å². The number of ether oxygens (including phenoxy) is 3. The maximum absolute atomic E-state index is 5.90. The van der Waals surface area contributed by atoms with Crippen LogP contribution in [0.5, 0.6) is 0 Å². The van der Waals surface area contributed by atoms with Crippen LogP contribution in [-0.2, 0) is 14.2 Å². The second-order valence-electron chi connectivity index (χ2n) is 5.01. The molecule has 0 bridgehead atoms. The normalized spacial score (nSPS) is 30.9. The van der Waals surface area contributed by atoms with Crippen LogP contribution < -0.4 is 5.32 Å². The van der Waals surface area contributed by atoms with Gasteiger partial charge in [-0.3, -0.25) is 0 Å². The third kappa shape index (κ3) is 3.70. The van der Waals surface area contributed by atoms with Crippen molar-refractivity contribution in [1.82, 2.24) is 5.32 Å². The Morgan fingerprint density at radius 1 is 1.25 bits per heavy atom. The first kappa shape index (κ1) is 12.3. The minimum absolute atomic E-state index is 0.291. The van der Waals surface area contributed by atoms with Crippen molar-refractivity contribution in [1.29, 1.82) is 0 Å². The second kappa shape index (κ2) is 5.96. The van der Waals surface area contributed by atoms with Gasteiger partial charge in [-0.1, -0.05) is 13.8 Å². The van der Waals surface area contributed by atoms with Gasteiger partial charge in [0.05, 0.1) is 32.0 Å². The van der Waals surface area contributed by atoms with Crippen LogP contribution >= 0.6 is 0 Å². The smallest absolute Gasteiger partial charge is 0.104 e. The van der Waals surface area contributed by atoms with E-state index in [9.17, 15) is 0 Å². The Labute approximate surface area is 97.6 Å². The molecule has 0 aromatic rings. The average Bonchev–Trinajstić information content (AvgIpc) is 2.60. The lowest BCUT2D eigenvalue weighted by Gasteiger charge is -2.27. The molecule has 2 heterocycles. The molecule has 2 rings (SSSR count). The number of hydrogen-bond acceptors (Lipinski definition) is 4. The van der Waals surface area contributed by atoms with E-state index in [1.54, 1.807) is 0 Å². The zero-order valence-electron chi connectivity index (χ0n) is 10.3. The van der Waals surface area contributed by atoms with Gasteiger partial charge in [-0.25, -0.2) is 0 Å². The highest BCUT2D eigenvalue weighted by Gasteiger charge is 2.27. The monoisotopic (exact) mass is 229 g/mol. The quantitative estimate of drug-likeness (QED) is 0.736. The van der Waals surface area contributed by atoms with Gasteiger partial charge < -0.3 is 19.5 Å². The van der Waals surface area contributed by atoms with Crippen LogP contribution in [0.15, 0.2) is 0 Å². The van der Waals surface area contributed by atoms with E-state index >= 15 is 0 Å². The third-order valence-electron chi connectivity index (χ3n) is 3.07. The van der Waals surface area contributed by atoms with Crippen molar-refractivity contribution in [2.75, 3.05) is 26.4 Å². The minimum atomic E-state index is 0.291. The van der Waals surface area contributed by atoms with Gasteiger partial charge >= 0.3 is 0 Å². The van der Waals surface area contributed by atoms with Crippen molar-refractivity contribution in [3.05, 3.63) is 0 Å². The maximum atomic E-state index is 5.90. The Balaban J connectivity index is 1.55. The van der Waals surface area contributed by atoms with Crippen molar-refractivity contribution < 1.29 is 14.2 Å². The summed E-state index contributed by atoms with van der Waals surface area (Å²) in [6, 6.07) is 0.533. The Bertz CT molecular complexity index is 206. The molecule has 4 nitrogen and oxygen atoms in total. The molecular weight excluding hydrogens is 206 g/mol. The van der Waals surface area contributed by atoms with Crippen molar-refractivity contribution in [2.45, 2.75) is 51.0 Å². The first-order chi connectivity index (χ1) is 7.74. The summed E-state index contributed by atoms with van der Waals surface area (Å²) in [5.74, 6) is 0. The molecule has 2 aliphatic heterocycles. The van der Waals surface area contributed by atoms with Crippen LogP contribution in [0.2, 0.25) is 0 Å². The van der Waals surface area contributed by atoms with Gasteiger partial charge in [0, 0.05) is 12.6 Å². The van der Waals surface area contributed by atoms with Crippen LogP contribution in [0.4, 0.5) is 0 Å². The molecule has 0 spiro atoms. The summed E-state index contributed by atoms with van der Waals surface area (Å²) in [6.45, 7) is 7.52. The summed E-state index contributed by atoms with van der Waals surface area (Å²) in [5, 5.41) is 3.41. The molecule has 0 radical (unpaired) electrons. The summed E-state index contributed by atoms with van der Waals surface area (Å²) < 4.78 is 16.6. The highest BCUT2D eigenvalue weighted by atomic mass is 16.6. The standard InChI is InChI=1S/C12H23NO3/c1-9(2)13-5-10-3-4-11(16-10)8-15-12-6-14-7-12/h9-13H,3-8H2,1-2H3. The molecule has 0 saturated carbocycles. The van der Waals surface area contributed by atoms with E-state index in [-0.39, 0.29) is 0 Å². The van der Waals surface area contributed by atoms with E-state index in [4.69, 9.17) is 14.2 Å². The zero-order valence-corrected chi connectivity index (χ0v) is 10.3. The Kier molecular flexibility index (Phi) is 4.58. The molecule has 0 aromatic heterocycles. The van der Waals surface area contributed by atoms with Crippen LogP contribution in [0, 0.1) is 0 Å². The first-order valence-corrected chi connectivity index (χ1v) is 6.32. The molecule has 16 heavy (non-hydrogen) atoms. The van der Waals surface area contributed by atoms with Gasteiger partial charge in [-0.15, -0.1) is 0 Å². The summed E-state index contributed by atoms with van der Waals surface area (Å²) in [4.78, 5) is 0. The van der Waals surface area contributed by atoms with Crippen molar-refractivity contribution in [2.24, 2.45) is 0 Å². The van der Waals surface area contributed by atoms with E-state index in [1.807, 2.05) is 0 Å². The van der Waals surface area contributed by atoms with Crippen molar-refractivity contribution in [3.63, 3.8) is 0 Å². The largest absolute Gasteiger partial charge is 0.376 e. The lowest BCUT2D eigenvalue weighted by atomic mass is 10.2. The van der Waals surface area contributed by atoms with Gasteiger partial charge in [0.25, 0.3) is 0 Å². The number of rotatable bonds is 6. The fourth-order valence-corrected chi connectivity index (χ4v) is 1.97. The highest BCUT2D eigenvalue weighted by Crippen LogP contribution is 2.20.